The standard InChI is InChI=1S/C13H11F4NO2S/c1-6(19)21-5-7-2-10(20)18(4-7)13-11(16)8(14)3-9(15)12(13)17/h3,7H,2,4-5H2,1H3. The molecule has 0 N–H and O–H groups in total. The van der Waals surface area contributed by atoms with Crippen LogP contribution in [0.5, 0.6) is 0 Å². The van der Waals surface area contributed by atoms with Gasteiger partial charge in [0.25, 0.3) is 0 Å². The maximum absolute atomic E-state index is 13.7. The summed E-state index contributed by atoms with van der Waals surface area (Å²) in [5, 5.41) is -0.143. The van der Waals surface area contributed by atoms with Gasteiger partial charge in [-0.3, -0.25) is 9.59 Å². The van der Waals surface area contributed by atoms with Crippen LogP contribution in [0, 0.1) is 29.2 Å². The Balaban J connectivity index is 2.27. The van der Waals surface area contributed by atoms with Gasteiger partial charge in [-0.1, -0.05) is 11.8 Å². The molecule has 1 aromatic carbocycles. The van der Waals surface area contributed by atoms with Gasteiger partial charge in [0.1, 0.15) is 5.69 Å². The molecule has 3 nitrogen and oxygen atoms in total. The Labute approximate surface area is 122 Å². The van der Waals surface area contributed by atoms with Crippen molar-refractivity contribution in [3.63, 3.8) is 0 Å². The predicted molar refractivity (Wildman–Crippen MR) is 69.9 cm³/mol. The molecule has 1 amide bonds. The predicted octanol–water partition coefficient (Wildman–Crippen LogP) is 2.88. The first kappa shape index (κ1) is 15.8. The molecule has 114 valence electrons. The van der Waals surface area contributed by atoms with Crippen molar-refractivity contribution in [3.05, 3.63) is 29.3 Å². The van der Waals surface area contributed by atoms with Crippen LogP contribution in [0.3, 0.4) is 0 Å². The quantitative estimate of drug-likeness (QED) is 0.634. The van der Waals surface area contributed by atoms with Crippen LogP contribution in [0.2, 0.25) is 0 Å². The maximum Gasteiger partial charge on any atom is 0.227 e. The fourth-order valence-corrected chi connectivity index (χ4v) is 2.84. The average molecular weight is 321 g/mol. The van der Waals surface area contributed by atoms with Gasteiger partial charge < -0.3 is 4.90 Å². The van der Waals surface area contributed by atoms with Gasteiger partial charge >= 0.3 is 0 Å². The topological polar surface area (TPSA) is 37.4 Å². The number of nitrogens with zero attached hydrogens (tertiary/aromatic N) is 1. The molecule has 8 heteroatoms. The molecule has 1 saturated heterocycles. The lowest BCUT2D eigenvalue weighted by Gasteiger charge is -2.18. The molecule has 0 spiro atoms. The Morgan fingerprint density at radius 1 is 1.29 bits per heavy atom. The van der Waals surface area contributed by atoms with E-state index in [1.807, 2.05) is 0 Å². The zero-order valence-electron chi connectivity index (χ0n) is 11.0. The molecule has 1 heterocycles. The second-order valence-electron chi connectivity index (χ2n) is 4.69. The Kier molecular flexibility index (Phi) is 4.55. The van der Waals surface area contributed by atoms with Crippen molar-refractivity contribution in [2.75, 3.05) is 17.2 Å². The van der Waals surface area contributed by atoms with E-state index in [4.69, 9.17) is 0 Å². The number of amides is 1. The molecule has 21 heavy (non-hydrogen) atoms. The van der Waals surface area contributed by atoms with Gasteiger partial charge in [-0.05, 0) is 5.92 Å². The SMILES string of the molecule is CC(=O)SCC1CC(=O)N(c2c(F)c(F)cc(F)c2F)C1. The van der Waals surface area contributed by atoms with Crippen molar-refractivity contribution in [1.29, 1.82) is 0 Å². The molecule has 1 aliphatic rings. The molecule has 1 atom stereocenters. The van der Waals surface area contributed by atoms with Gasteiger partial charge in [0.15, 0.2) is 28.4 Å². The number of hydrogen-bond donors (Lipinski definition) is 0. The number of anilines is 1. The Morgan fingerprint density at radius 3 is 2.38 bits per heavy atom. The molecule has 0 aromatic heterocycles. The zero-order valence-corrected chi connectivity index (χ0v) is 11.8. The van der Waals surface area contributed by atoms with Crippen LogP contribution in [0.25, 0.3) is 0 Å². The molecular formula is C13H11F4NO2S. The summed E-state index contributed by atoms with van der Waals surface area (Å²) < 4.78 is 53.7. The maximum atomic E-state index is 13.7. The first-order chi connectivity index (χ1) is 9.81. The highest BCUT2D eigenvalue weighted by molar-refractivity contribution is 8.13. The number of rotatable bonds is 3. The highest BCUT2D eigenvalue weighted by Gasteiger charge is 2.35. The van der Waals surface area contributed by atoms with Crippen LogP contribution in [0.15, 0.2) is 6.07 Å². The number of hydrogen-bond acceptors (Lipinski definition) is 3. The molecule has 0 saturated carbocycles. The van der Waals surface area contributed by atoms with Crippen molar-refractivity contribution >= 4 is 28.5 Å². The fraction of sp³-hybridized carbons (Fsp3) is 0.385. The van der Waals surface area contributed by atoms with Crippen molar-refractivity contribution in [2.24, 2.45) is 5.92 Å². The molecule has 1 unspecified atom stereocenters. The normalized spacial score (nSPS) is 18.4. The first-order valence-electron chi connectivity index (χ1n) is 6.08. The van der Waals surface area contributed by atoms with Crippen LogP contribution in [0.1, 0.15) is 13.3 Å². The van der Waals surface area contributed by atoms with Crippen molar-refractivity contribution < 1.29 is 27.2 Å². The minimum absolute atomic E-state index is 0.0305. The molecular weight excluding hydrogens is 310 g/mol. The highest BCUT2D eigenvalue weighted by Crippen LogP contribution is 2.33. The van der Waals surface area contributed by atoms with Gasteiger partial charge in [-0.2, -0.15) is 0 Å². The molecule has 2 rings (SSSR count). The molecule has 1 aliphatic heterocycles. The van der Waals surface area contributed by atoms with Gasteiger partial charge in [0.2, 0.25) is 5.91 Å². The summed E-state index contributed by atoms with van der Waals surface area (Å²) in [5.74, 6) is -6.94. The zero-order chi connectivity index (χ0) is 15.7. The molecule has 1 aromatic rings. The lowest BCUT2D eigenvalue weighted by Crippen LogP contribution is -2.27. The Morgan fingerprint density at radius 2 is 1.86 bits per heavy atom. The second-order valence-corrected chi connectivity index (χ2v) is 5.89. The summed E-state index contributed by atoms with van der Waals surface area (Å²) >= 11 is 0.989. The molecule has 1 fully saturated rings. The van der Waals surface area contributed by atoms with Crippen LogP contribution in [0.4, 0.5) is 23.2 Å². The van der Waals surface area contributed by atoms with Gasteiger partial charge in [-0.25, -0.2) is 17.6 Å². The van der Waals surface area contributed by atoms with E-state index in [9.17, 15) is 27.2 Å². The lowest BCUT2D eigenvalue weighted by atomic mass is 10.1. The van der Waals surface area contributed by atoms with Gasteiger partial charge in [0, 0.05) is 31.7 Å². The van der Waals surface area contributed by atoms with Gasteiger partial charge in [-0.15, -0.1) is 0 Å². The van der Waals surface area contributed by atoms with Crippen LogP contribution < -0.4 is 4.90 Å². The van der Waals surface area contributed by atoms with E-state index in [-0.39, 0.29) is 30.1 Å². The van der Waals surface area contributed by atoms with E-state index in [1.54, 1.807) is 0 Å². The molecule has 0 bridgehead atoms. The Bertz CT molecular complexity index is 582. The van der Waals surface area contributed by atoms with E-state index >= 15 is 0 Å². The highest BCUT2D eigenvalue weighted by atomic mass is 32.2. The largest absolute Gasteiger partial charge is 0.307 e. The van der Waals surface area contributed by atoms with Crippen LogP contribution >= 0.6 is 11.8 Å². The smallest absolute Gasteiger partial charge is 0.227 e. The summed E-state index contributed by atoms with van der Waals surface area (Å²) in [6.45, 7) is 1.27. The van der Waals surface area contributed by atoms with E-state index in [0.717, 1.165) is 11.8 Å². The van der Waals surface area contributed by atoms with E-state index in [0.29, 0.717) is 10.7 Å². The summed E-state index contributed by atoms with van der Waals surface area (Å²) in [7, 11) is 0. The van der Waals surface area contributed by atoms with E-state index in [2.05, 4.69) is 0 Å². The molecule has 0 aliphatic carbocycles. The minimum Gasteiger partial charge on any atom is -0.307 e. The lowest BCUT2D eigenvalue weighted by molar-refractivity contribution is -0.117. The minimum atomic E-state index is -1.60. The van der Waals surface area contributed by atoms with E-state index < -0.39 is 34.9 Å². The summed E-state index contributed by atoms with van der Waals surface area (Å²) in [4.78, 5) is 23.4. The fourth-order valence-electron chi connectivity index (χ4n) is 2.14. The van der Waals surface area contributed by atoms with Crippen molar-refractivity contribution in [3.8, 4) is 0 Å². The van der Waals surface area contributed by atoms with Crippen molar-refractivity contribution in [1.82, 2.24) is 0 Å². The second kappa shape index (κ2) is 6.05. The van der Waals surface area contributed by atoms with E-state index in [1.165, 1.54) is 6.92 Å². The average Bonchev–Trinajstić information content (AvgIpc) is 2.76. The number of halogens is 4. The first-order valence-corrected chi connectivity index (χ1v) is 7.06. The van der Waals surface area contributed by atoms with Gasteiger partial charge in [0.05, 0.1) is 0 Å². The third kappa shape index (κ3) is 3.20. The van der Waals surface area contributed by atoms with Crippen LogP contribution in [-0.2, 0) is 9.59 Å². The number of carbonyl (C=O) groups excluding carboxylic acids is 2. The summed E-state index contributed by atoms with van der Waals surface area (Å²) in [6.07, 6.45) is -0.0305. The summed E-state index contributed by atoms with van der Waals surface area (Å²) in [6, 6.07) is 0.0950. The third-order valence-electron chi connectivity index (χ3n) is 3.09. The number of benzene rings is 1. The number of carbonyl (C=O) groups is 2. The third-order valence-corrected chi connectivity index (χ3v) is 4.13. The van der Waals surface area contributed by atoms with Crippen LogP contribution in [-0.4, -0.2) is 23.3 Å². The summed E-state index contributed by atoms with van der Waals surface area (Å²) in [5.41, 5.74) is -1.01. The van der Waals surface area contributed by atoms with Crippen molar-refractivity contribution in [2.45, 2.75) is 13.3 Å². The molecule has 0 radical (unpaired) electrons. The Hall–Kier alpha value is -1.57. The monoisotopic (exact) mass is 321 g/mol. The number of thioether (sulfide) groups is 1.